The first-order chi connectivity index (χ1) is 7.64. The second kappa shape index (κ2) is 7.36. The van der Waals surface area contributed by atoms with Crippen LogP contribution in [0.1, 0.15) is 38.2 Å². The molecule has 1 rings (SSSR count). The summed E-state index contributed by atoms with van der Waals surface area (Å²) in [6.07, 6.45) is 5.00. The predicted octanol–water partition coefficient (Wildman–Crippen LogP) is 5.27. The zero-order chi connectivity index (χ0) is 11.9. The van der Waals surface area contributed by atoms with Crippen LogP contribution in [0.15, 0.2) is 30.3 Å². The highest BCUT2D eigenvalue weighted by Crippen LogP contribution is 2.27. The van der Waals surface area contributed by atoms with Crippen LogP contribution in [0.25, 0.3) is 0 Å². The zero-order valence-corrected chi connectivity index (χ0v) is 12.4. The molecule has 0 aliphatic heterocycles. The number of rotatable bonds is 7. The van der Waals surface area contributed by atoms with Gasteiger partial charge in [0, 0.05) is 0 Å². The summed E-state index contributed by atoms with van der Waals surface area (Å²) in [5.74, 6) is 0. The van der Waals surface area contributed by atoms with Crippen molar-refractivity contribution in [3.63, 3.8) is 0 Å². The molecule has 1 aromatic carbocycles. The lowest BCUT2D eigenvalue weighted by atomic mass is 10.2. The molecular weight excluding hydrogens is 255 g/mol. The monoisotopic (exact) mass is 274 g/mol. The third-order valence-electron chi connectivity index (χ3n) is 2.70. The molecule has 0 spiro atoms. The molecule has 1 aromatic rings. The molecule has 0 amide bonds. The van der Waals surface area contributed by atoms with Gasteiger partial charge < -0.3 is 0 Å². The second-order valence-electron chi connectivity index (χ2n) is 4.33. The molecule has 16 heavy (non-hydrogen) atoms. The van der Waals surface area contributed by atoms with Crippen LogP contribution in [0.4, 0.5) is 0 Å². The first kappa shape index (κ1) is 14.1. The smallest absolute Gasteiger partial charge is 0.145 e. The van der Waals surface area contributed by atoms with Gasteiger partial charge in [-0.05, 0) is 17.7 Å². The van der Waals surface area contributed by atoms with Crippen LogP contribution in [0.5, 0.6) is 0 Å². The Balaban J connectivity index is 2.33. The molecule has 0 bridgehead atoms. The molecule has 0 saturated heterocycles. The topological polar surface area (TPSA) is 0 Å². The minimum Gasteiger partial charge on any atom is -0.145 e. The van der Waals surface area contributed by atoms with Crippen LogP contribution in [0, 0.1) is 0 Å². The third-order valence-corrected chi connectivity index (χ3v) is 6.65. The summed E-state index contributed by atoms with van der Waals surface area (Å²) in [6.45, 7) is 0.169. The highest BCUT2D eigenvalue weighted by molar-refractivity contribution is 7.45. The van der Waals surface area contributed by atoms with Crippen molar-refractivity contribution in [2.24, 2.45) is 0 Å². The molecule has 0 unspecified atom stereocenters. The van der Waals surface area contributed by atoms with Crippen molar-refractivity contribution in [3.8, 4) is 0 Å². The van der Waals surface area contributed by atoms with Crippen molar-refractivity contribution >= 4 is 28.9 Å². The summed E-state index contributed by atoms with van der Waals surface area (Å²) in [5, 5.41) is 0. The third kappa shape index (κ3) is 5.93. The Morgan fingerprint density at radius 3 is 2.31 bits per heavy atom. The van der Waals surface area contributed by atoms with Crippen LogP contribution in [0.2, 0.25) is 6.04 Å². The van der Waals surface area contributed by atoms with Crippen molar-refractivity contribution < 1.29 is 0 Å². The van der Waals surface area contributed by atoms with Crippen molar-refractivity contribution in [3.05, 3.63) is 35.9 Å². The van der Waals surface area contributed by atoms with Gasteiger partial charge in [0.2, 0.25) is 0 Å². The van der Waals surface area contributed by atoms with Gasteiger partial charge >= 0.3 is 0 Å². The van der Waals surface area contributed by atoms with Crippen molar-refractivity contribution in [1.82, 2.24) is 0 Å². The van der Waals surface area contributed by atoms with E-state index in [1.807, 2.05) is 18.2 Å². The average molecular weight is 275 g/mol. The Hall–Kier alpha value is 0.0169. The van der Waals surface area contributed by atoms with E-state index >= 15 is 0 Å². The maximum absolute atomic E-state index is 6.45. The van der Waals surface area contributed by atoms with E-state index in [-0.39, 0.29) is 0 Å². The van der Waals surface area contributed by atoms with Crippen LogP contribution in [0.3, 0.4) is 0 Å². The summed E-state index contributed by atoms with van der Waals surface area (Å²) < 4.78 is 0. The molecule has 0 aliphatic carbocycles. The van der Waals surface area contributed by atoms with Gasteiger partial charge in [0.05, 0.1) is 0 Å². The van der Waals surface area contributed by atoms with Gasteiger partial charge in [-0.3, -0.25) is 0 Å². The number of hydrogen-bond donors (Lipinski definition) is 0. The lowest BCUT2D eigenvalue weighted by Crippen LogP contribution is -2.22. The van der Waals surface area contributed by atoms with E-state index in [1.165, 1.54) is 31.2 Å². The van der Waals surface area contributed by atoms with Gasteiger partial charge in [0.25, 0.3) is 6.69 Å². The molecule has 0 radical (unpaired) electrons. The zero-order valence-electron chi connectivity index (χ0n) is 9.89. The van der Waals surface area contributed by atoms with Crippen LogP contribution >= 0.6 is 22.2 Å². The lowest BCUT2D eigenvalue weighted by molar-refractivity contribution is 0.698. The average Bonchev–Trinajstić information content (AvgIpc) is 2.25. The Kier molecular flexibility index (Phi) is 6.48. The maximum atomic E-state index is 6.45. The fraction of sp³-hybridized carbons (Fsp3) is 0.538. The highest BCUT2D eigenvalue weighted by Gasteiger charge is 2.27. The van der Waals surface area contributed by atoms with E-state index in [0.717, 1.165) is 12.1 Å². The van der Waals surface area contributed by atoms with E-state index in [1.54, 1.807) is 0 Å². The summed E-state index contributed by atoms with van der Waals surface area (Å²) in [5.41, 5.74) is 1.27. The van der Waals surface area contributed by atoms with E-state index < -0.39 is 6.69 Å². The van der Waals surface area contributed by atoms with E-state index in [9.17, 15) is 0 Å². The Morgan fingerprint density at radius 1 is 1.00 bits per heavy atom. The molecule has 3 heteroatoms. The minimum atomic E-state index is -2.05. The predicted molar refractivity (Wildman–Crippen MR) is 76.6 cm³/mol. The second-order valence-corrected chi connectivity index (χ2v) is 11.8. The SMILES string of the molecule is CCCCCC[Si](Cl)(Cl)Cc1ccccc1. The van der Waals surface area contributed by atoms with E-state index in [4.69, 9.17) is 22.2 Å². The number of unbranched alkanes of at least 4 members (excludes halogenated alkanes) is 3. The number of halogens is 2. The van der Waals surface area contributed by atoms with Crippen LogP contribution in [-0.2, 0) is 6.04 Å². The van der Waals surface area contributed by atoms with Gasteiger partial charge in [0.15, 0.2) is 0 Å². The maximum Gasteiger partial charge on any atom is 0.255 e. The summed E-state index contributed by atoms with van der Waals surface area (Å²) in [7, 11) is 0. The minimum absolute atomic E-state index is 0.878. The van der Waals surface area contributed by atoms with Gasteiger partial charge in [-0.2, -0.15) is 0 Å². The molecule has 0 saturated carbocycles. The molecule has 90 valence electrons. The Bertz CT molecular complexity index is 285. The Labute approximate surface area is 109 Å². The fourth-order valence-corrected chi connectivity index (χ4v) is 5.30. The summed E-state index contributed by atoms with van der Waals surface area (Å²) >= 11 is 12.9. The van der Waals surface area contributed by atoms with Gasteiger partial charge in [-0.15, -0.1) is 22.2 Å². The van der Waals surface area contributed by atoms with Crippen molar-refractivity contribution in [2.75, 3.05) is 0 Å². The molecule has 0 aliphatic rings. The number of hydrogen-bond acceptors (Lipinski definition) is 0. The highest BCUT2D eigenvalue weighted by atomic mass is 35.7. The normalized spacial score (nSPS) is 11.7. The van der Waals surface area contributed by atoms with Crippen LogP contribution in [-0.4, -0.2) is 6.69 Å². The molecular formula is C13H20Cl2Si. The first-order valence-electron chi connectivity index (χ1n) is 6.06. The summed E-state index contributed by atoms with van der Waals surface area (Å²) in [4.78, 5) is 0. The lowest BCUT2D eigenvalue weighted by Gasteiger charge is -2.16. The van der Waals surface area contributed by atoms with Gasteiger partial charge in [-0.25, -0.2) is 0 Å². The van der Waals surface area contributed by atoms with Gasteiger partial charge in [0.1, 0.15) is 0 Å². The molecule has 0 nitrogen and oxygen atoms in total. The molecule has 0 aromatic heterocycles. The van der Waals surface area contributed by atoms with Crippen LogP contribution < -0.4 is 0 Å². The molecule has 0 heterocycles. The molecule has 0 N–H and O–H groups in total. The molecule has 0 fully saturated rings. The van der Waals surface area contributed by atoms with Crippen molar-refractivity contribution in [2.45, 2.75) is 44.7 Å². The largest absolute Gasteiger partial charge is 0.255 e. The fourth-order valence-electron chi connectivity index (χ4n) is 1.79. The molecule has 0 atom stereocenters. The van der Waals surface area contributed by atoms with E-state index in [0.29, 0.717) is 0 Å². The standard InChI is InChI=1S/C13H20Cl2Si/c1-2-3-4-8-11-16(14,15)12-13-9-6-5-7-10-13/h5-7,9-10H,2-4,8,11-12H2,1H3. The quantitative estimate of drug-likeness (QED) is 0.361. The Morgan fingerprint density at radius 2 is 1.69 bits per heavy atom. The van der Waals surface area contributed by atoms with Crippen molar-refractivity contribution in [1.29, 1.82) is 0 Å². The first-order valence-corrected chi connectivity index (χ1v) is 10.5. The number of benzene rings is 1. The summed E-state index contributed by atoms with van der Waals surface area (Å²) in [6, 6.07) is 12.2. The van der Waals surface area contributed by atoms with E-state index in [2.05, 4.69) is 19.1 Å². The van der Waals surface area contributed by atoms with Gasteiger partial charge in [-0.1, -0.05) is 62.9 Å².